The number of carbonyl (C=O) groups is 1. The van der Waals surface area contributed by atoms with E-state index in [4.69, 9.17) is 14.2 Å². The highest BCUT2D eigenvalue weighted by Gasteiger charge is 2.24. The van der Waals surface area contributed by atoms with Gasteiger partial charge in [0.15, 0.2) is 11.5 Å². The van der Waals surface area contributed by atoms with Crippen molar-refractivity contribution in [2.45, 2.75) is 9.79 Å². The normalized spacial score (nSPS) is 11.3. The Kier molecular flexibility index (Phi) is 5.58. The molecule has 0 radical (unpaired) electrons. The maximum absolute atomic E-state index is 13.2. The van der Waals surface area contributed by atoms with Crippen molar-refractivity contribution in [3.63, 3.8) is 0 Å². The van der Waals surface area contributed by atoms with E-state index in [9.17, 15) is 13.2 Å². The SMILES string of the molecule is COc1cc(C(=O)c2cc3c(S(=O)(=O)c4ccccc4)ccnc3[nH]2)cc(OC)c1OC. The number of nitrogens with one attached hydrogen (secondary N) is 1. The van der Waals surface area contributed by atoms with E-state index in [-0.39, 0.29) is 32.5 Å². The summed E-state index contributed by atoms with van der Waals surface area (Å²) in [6.07, 6.45) is 1.39. The van der Waals surface area contributed by atoms with Crippen LogP contribution in [-0.4, -0.2) is 45.5 Å². The van der Waals surface area contributed by atoms with Crippen LogP contribution in [0.4, 0.5) is 0 Å². The van der Waals surface area contributed by atoms with Gasteiger partial charge in [-0.3, -0.25) is 4.79 Å². The maximum atomic E-state index is 13.2. The minimum atomic E-state index is -3.80. The fourth-order valence-corrected chi connectivity index (χ4v) is 4.91. The maximum Gasteiger partial charge on any atom is 0.209 e. The molecule has 0 amide bonds. The second kappa shape index (κ2) is 8.35. The fraction of sp³-hybridized carbons (Fsp3) is 0.130. The van der Waals surface area contributed by atoms with Crippen LogP contribution in [0, 0.1) is 0 Å². The average Bonchev–Trinajstić information content (AvgIpc) is 3.27. The molecule has 0 fully saturated rings. The topological polar surface area (TPSA) is 108 Å². The number of sulfone groups is 1. The van der Waals surface area contributed by atoms with Gasteiger partial charge in [0.2, 0.25) is 21.4 Å². The summed E-state index contributed by atoms with van der Waals surface area (Å²) in [6, 6.07) is 14.1. The number of H-pyrrole nitrogens is 1. The zero-order valence-corrected chi connectivity index (χ0v) is 18.4. The first kappa shape index (κ1) is 21.4. The number of hydrogen-bond donors (Lipinski definition) is 1. The Morgan fingerprint density at radius 2 is 1.56 bits per heavy atom. The summed E-state index contributed by atoms with van der Waals surface area (Å²) in [6.45, 7) is 0. The summed E-state index contributed by atoms with van der Waals surface area (Å²) >= 11 is 0. The summed E-state index contributed by atoms with van der Waals surface area (Å²) in [5, 5.41) is 0.326. The minimum absolute atomic E-state index is 0.0638. The number of ether oxygens (including phenoxy) is 3. The molecule has 164 valence electrons. The summed E-state index contributed by atoms with van der Waals surface area (Å²) in [5.74, 6) is 0.639. The van der Waals surface area contributed by atoms with Gasteiger partial charge in [0.05, 0.1) is 36.8 Å². The van der Waals surface area contributed by atoms with Crippen LogP contribution in [0.3, 0.4) is 0 Å². The monoisotopic (exact) mass is 452 g/mol. The molecule has 0 bridgehead atoms. The number of carbonyl (C=O) groups excluding carboxylic acids is 1. The number of aromatic nitrogens is 2. The average molecular weight is 452 g/mol. The predicted octanol–water partition coefficient (Wildman–Crippen LogP) is 3.65. The molecule has 1 N–H and O–H groups in total. The molecule has 0 aliphatic carbocycles. The molecule has 0 atom stereocenters. The Balaban J connectivity index is 1.83. The zero-order chi connectivity index (χ0) is 22.9. The Morgan fingerprint density at radius 3 is 2.16 bits per heavy atom. The Morgan fingerprint density at radius 1 is 0.906 bits per heavy atom. The van der Waals surface area contributed by atoms with E-state index in [2.05, 4.69) is 9.97 Å². The molecule has 2 aromatic carbocycles. The van der Waals surface area contributed by atoms with Gasteiger partial charge in [-0.15, -0.1) is 0 Å². The lowest BCUT2D eigenvalue weighted by atomic mass is 10.1. The summed E-state index contributed by atoms with van der Waals surface area (Å²) < 4.78 is 42.3. The Labute approximate surface area is 184 Å². The fourth-order valence-electron chi connectivity index (χ4n) is 3.45. The van der Waals surface area contributed by atoms with E-state index in [0.29, 0.717) is 22.6 Å². The van der Waals surface area contributed by atoms with Crippen LogP contribution in [0.2, 0.25) is 0 Å². The number of pyridine rings is 1. The summed E-state index contributed by atoms with van der Waals surface area (Å²) in [4.78, 5) is 20.6. The highest BCUT2D eigenvalue weighted by Crippen LogP contribution is 2.39. The van der Waals surface area contributed by atoms with Gasteiger partial charge < -0.3 is 19.2 Å². The first-order chi connectivity index (χ1) is 15.4. The molecule has 0 aliphatic rings. The van der Waals surface area contributed by atoms with Gasteiger partial charge in [0.25, 0.3) is 0 Å². The quantitative estimate of drug-likeness (QED) is 0.427. The Hall–Kier alpha value is -3.85. The summed E-state index contributed by atoms with van der Waals surface area (Å²) in [7, 11) is 0.586. The lowest BCUT2D eigenvalue weighted by Crippen LogP contribution is -2.04. The van der Waals surface area contributed by atoms with Crippen molar-refractivity contribution in [2.75, 3.05) is 21.3 Å². The van der Waals surface area contributed by atoms with Crippen LogP contribution in [0.1, 0.15) is 16.1 Å². The molecule has 0 saturated carbocycles. The standard InChI is InChI=1S/C23H20N2O6S/c1-29-18-11-14(12-19(30-2)22(18)31-3)21(26)17-13-16-20(9-10-24-23(16)25-17)32(27,28)15-7-5-4-6-8-15/h4-13H,1-3H3,(H,24,25). The molecule has 32 heavy (non-hydrogen) atoms. The molecular formula is C23H20N2O6S. The van der Waals surface area contributed by atoms with Gasteiger partial charge in [0.1, 0.15) is 5.65 Å². The first-order valence-corrected chi connectivity index (χ1v) is 11.0. The van der Waals surface area contributed by atoms with Gasteiger partial charge in [-0.2, -0.15) is 0 Å². The van der Waals surface area contributed by atoms with Crippen LogP contribution in [0.25, 0.3) is 11.0 Å². The smallest absolute Gasteiger partial charge is 0.209 e. The van der Waals surface area contributed by atoms with Crippen molar-refractivity contribution in [1.29, 1.82) is 0 Å². The molecule has 4 rings (SSSR count). The highest BCUT2D eigenvalue weighted by molar-refractivity contribution is 7.91. The van der Waals surface area contributed by atoms with Gasteiger partial charge in [-0.05, 0) is 36.4 Å². The van der Waals surface area contributed by atoms with E-state index >= 15 is 0 Å². The van der Waals surface area contributed by atoms with Crippen LogP contribution in [0.15, 0.2) is 70.6 Å². The van der Waals surface area contributed by atoms with Crippen LogP contribution in [0.5, 0.6) is 17.2 Å². The van der Waals surface area contributed by atoms with E-state index in [0.717, 1.165) is 0 Å². The highest BCUT2D eigenvalue weighted by atomic mass is 32.2. The van der Waals surface area contributed by atoms with Gasteiger partial charge >= 0.3 is 0 Å². The van der Waals surface area contributed by atoms with Gasteiger partial charge in [-0.25, -0.2) is 13.4 Å². The molecule has 2 aromatic heterocycles. The predicted molar refractivity (Wildman–Crippen MR) is 118 cm³/mol. The number of ketones is 1. The number of benzene rings is 2. The lowest BCUT2D eigenvalue weighted by molar-refractivity contribution is 0.103. The Bertz CT molecular complexity index is 1390. The molecule has 2 heterocycles. The molecular weight excluding hydrogens is 432 g/mol. The number of fused-ring (bicyclic) bond motifs is 1. The van der Waals surface area contributed by atoms with Gasteiger partial charge in [0, 0.05) is 17.1 Å². The molecule has 0 saturated heterocycles. The molecule has 4 aromatic rings. The third kappa shape index (κ3) is 3.56. The van der Waals surface area contributed by atoms with Crippen molar-refractivity contribution < 1.29 is 27.4 Å². The molecule has 0 unspecified atom stereocenters. The van der Waals surface area contributed by atoms with Crippen LogP contribution >= 0.6 is 0 Å². The number of rotatable bonds is 7. The molecule has 8 nitrogen and oxygen atoms in total. The molecule has 9 heteroatoms. The second-order valence-corrected chi connectivity index (χ2v) is 8.73. The number of aromatic amines is 1. The van der Waals surface area contributed by atoms with Crippen LogP contribution in [-0.2, 0) is 9.84 Å². The van der Waals surface area contributed by atoms with Crippen molar-refractivity contribution in [3.05, 3.63) is 72.1 Å². The van der Waals surface area contributed by atoms with Crippen molar-refractivity contribution in [2.24, 2.45) is 0 Å². The molecule has 0 aliphatic heterocycles. The van der Waals surface area contributed by atoms with Crippen molar-refractivity contribution >= 4 is 26.7 Å². The minimum Gasteiger partial charge on any atom is -0.493 e. The van der Waals surface area contributed by atoms with Crippen molar-refractivity contribution in [3.8, 4) is 17.2 Å². The lowest BCUT2D eigenvalue weighted by Gasteiger charge is -2.13. The third-order valence-electron chi connectivity index (χ3n) is 5.01. The first-order valence-electron chi connectivity index (χ1n) is 9.53. The van der Waals surface area contributed by atoms with Crippen LogP contribution < -0.4 is 14.2 Å². The van der Waals surface area contributed by atoms with E-state index in [1.807, 2.05) is 0 Å². The number of nitrogens with zero attached hydrogens (tertiary/aromatic N) is 1. The second-order valence-electron chi connectivity index (χ2n) is 6.81. The van der Waals surface area contributed by atoms with E-state index < -0.39 is 9.84 Å². The largest absolute Gasteiger partial charge is 0.493 e. The number of methoxy groups -OCH3 is 3. The third-order valence-corrected chi connectivity index (χ3v) is 6.83. The molecule has 0 spiro atoms. The van der Waals surface area contributed by atoms with E-state index in [1.54, 1.807) is 18.2 Å². The zero-order valence-electron chi connectivity index (χ0n) is 17.6. The van der Waals surface area contributed by atoms with Crippen molar-refractivity contribution in [1.82, 2.24) is 9.97 Å². The van der Waals surface area contributed by atoms with Gasteiger partial charge in [-0.1, -0.05) is 18.2 Å². The number of hydrogen-bond acceptors (Lipinski definition) is 7. The summed E-state index contributed by atoms with van der Waals surface area (Å²) in [5.41, 5.74) is 0.744. The van der Waals surface area contributed by atoms with E-state index in [1.165, 1.54) is 63.9 Å².